The molecule has 2 rings (SSSR count). The van der Waals surface area contributed by atoms with Crippen LogP contribution in [-0.4, -0.2) is 56.6 Å². The summed E-state index contributed by atoms with van der Waals surface area (Å²) >= 11 is 0. The fourth-order valence-electron chi connectivity index (χ4n) is 2.16. The molecule has 0 bridgehead atoms. The van der Waals surface area contributed by atoms with Crippen LogP contribution in [0.15, 0.2) is 12.2 Å². The molecule has 0 aromatic carbocycles. The molecule has 0 aliphatic carbocycles. The van der Waals surface area contributed by atoms with Gasteiger partial charge in [-0.15, -0.1) is 0 Å². The average Bonchev–Trinajstić information content (AvgIpc) is 3.02. The molecule has 0 radical (unpaired) electrons. The summed E-state index contributed by atoms with van der Waals surface area (Å²) in [6, 6.07) is -0.320. The van der Waals surface area contributed by atoms with Crippen LogP contribution in [0.5, 0.6) is 0 Å². The summed E-state index contributed by atoms with van der Waals surface area (Å²) < 4.78 is 25.3. The van der Waals surface area contributed by atoms with E-state index in [1.54, 1.807) is 6.08 Å². The second-order valence-corrected chi connectivity index (χ2v) is 6.62. The van der Waals surface area contributed by atoms with E-state index in [9.17, 15) is 13.2 Å². The molecule has 7 heteroatoms. The molecule has 102 valence electrons. The minimum absolute atomic E-state index is 0.0187. The fraction of sp³-hybridized carbons (Fsp3) is 0.727. The third kappa shape index (κ3) is 3.30. The van der Waals surface area contributed by atoms with Crippen molar-refractivity contribution in [3.8, 4) is 0 Å². The average molecular weight is 273 g/mol. The predicted octanol–water partition coefficient (Wildman–Crippen LogP) is -0.944. The molecule has 2 heterocycles. The van der Waals surface area contributed by atoms with Crippen LogP contribution in [0.25, 0.3) is 0 Å². The van der Waals surface area contributed by atoms with Crippen molar-refractivity contribution < 1.29 is 13.2 Å². The fourth-order valence-corrected chi connectivity index (χ4v) is 3.59. The van der Waals surface area contributed by atoms with Gasteiger partial charge in [-0.2, -0.15) is 0 Å². The van der Waals surface area contributed by atoms with E-state index in [1.807, 2.05) is 6.08 Å². The molecule has 1 amide bonds. The summed E-state index contributed by atoms with van der Waals surface area (Å²) in [5, 5.41) is 5.62. The smallest absolute Gasteiger partial charge is 0.241 e. The largest absolute Gasteiger partial charge is 0.353 e. The maximum absolute atomic E-state index is 11.9. The quantitative estimate of drug-likeness (QED) is 0.634. The van der Waals surface area contributed by atoms with Gasteiger partial charge in [0.2, 0.25) is 15.9 Å². The number of nitrogens with zero attached hydrogens (tertiary/aromatic N) is 1. The van der Waals surface area contributed by atoms with E-state index in [-0.39, 0.29) is 24.2 Å². The molecule has 6 nitrogen and oxygen atoms in total. The van der Waals surface area contributed by atoms with Crippen molar-refractivity contribution in [3.05, 3.63) is 12.2 Å². The highest BCUT2D eigenvalue weighted by Gasteiger charge is 2.25. The number of amides is 1. The Morgan fingerprint density at radius 2 is 2.11 bits per heavy atom. The maximum Gasteiger partial charge on any atom is 0.241 e. The van der Waals surface area contributed by atoms with Crippen LogP contribution in [0, 0.1) is 0 Å². The molecule has 1 atom stereocenters. The number of rotatable bonds is 5. The first-order valence-corrected chi connectivity index (χ1v) is 7.86. The van der Waals surface area contributed by atoms with Crippen molar-refractivity contribution in [1.29, 1.82) is 0 Å². The van der Waals surface area contributed by atoms with E-state index in [0.29, 0.717) is 19.6 Å². The lowest BCUT2D eigenvalue weighted by Gasteiger charge is -2.16. The minimum atomic E-state index is -3.20. The zero-order valence-electron chi connectivity index (χ0n) is 10.3. The number of hydrogen-bond acceptors (Lipinski definition) is 4. The van der Waals surface area contributed by atoms with Gasteiger partial charge in [0.25, 0.3) is 0 Å². The Morgan fingerprint density at radius 1 is 1.39 bits per heavy atom. The van der Waals surface area contributed by atoms with E-state index < -0.39 is 10.0 Å². The zero-order chi connectivity index (χ0) is 13.0. The van der Waals surface area contributed by atoms with Gasteiger partial charge in [0, 0.05) is 26.2 Å². The predicted molar refractivity (Wildman–Crippen MR) is 68.5 cm³/mol. The van der Waals surface area contributed by atoms with Gasteiger partial charge in [0.05, 0.1) is 5.75 Å². The van der Waals surface area contributed by atoms with Crippen molar-refractivity contribution in [3.63, 3.8) is 0 Å². The highest BCUT2D eigenvalue weighted by atomic mass is 32.2. The third-order valence-corrected chi connectivity index (χ3v) is 5.06. The SMILES string of the molecule is O=C(NCCS(=O)(=O)N1CCCC1)[C@@H]1C=CCN1. The Balaban J connectivity index is 1.74. The standard InChI is InChI=1S/C11H19N3O3S/c15-11(10-4-3-5-12-10)13-6-9-18(16,17)14-7-1-2-8-14/h3-4,10,12H,1-2,5-9H2,(H,13,15)/t10-/m0/s1. The van der Waals surface area contributed by atoms with Crippen molar-refractivity contribution in [2.75, 3.05) is 31.9 Å². The van der Waals surface area contributed by atoms with Crippen LogP contribution in [0.2, 0.25) is 0 Å². The Kier molecular flexibility index (Phi) is 4.36. The van der Waals surface area contributed by atoms with Gasteiger partial charge in [-0.25, -0.2) is 12.7 Å². The van der Waals surface area contributed by atoms with Crippen LogP contribution >= 0.6 is 0 Å². The van der Waals surface area contributed by atoms with E-state index in [4.69, 9.17) is 0 Å². The molecular weight excluding hydrogens is 254 g/mol. The van der Waals surface area contributed by atoms with Crippen LogP contribution in [-0.2, 0) is 14.8 Å². The molecule has 2 aliphatic heterocycles. The summed E-state index contributed by atoms with van der Waals surface area (Å²) in [7, 11) is -3.20. The number of carbonyl (C=O) groups excluding carboxylic acids is 1. The number of carbonyl (C=O) groups is 1. The van der Waals surface area contributed by atoms with Gasteiger partial charge >= 0.3 is 0 Å². The number of sulfonamides is 1. The van der Waals surface area contributed by atoms with Crippen molar-refractivity contribution in [1.82, 2.24) is 14.9 Å². The Bertz CT molecular complexity index is 427. The summed E-state index contributed by atoms with van der Waals surface area (Å²) in [4.78, 5) is 11.6. The lowest BCUT2D eigenvalue weighted by Crippen LogP contribution is -2.43. The molecule has 0 aromatic rings. The summed E-state index contributed by atoms with van der Waals surface area (Å²) in [5.74, 6) is -0.185. The van der Waals surface area contributed by atoms with Crippen LogP contribution in [0.1, 0.15) is 12.8 Å². The zero-order valence-corrected chi connectivity index (χ0v) is 11.1. The second-order valence-electron chi connectivity index (χ2n) is 4.53. The molecule has 2 N–H and O–H groups in total. The minimum Gasteiger partial charge on any atom is -0.353 e. The summed E-state index contributed by atoms with van der Waals surface area (Å²) in [6.45, 7) is 2.08. The highest BCUT2D eigenvalue weighted by molar-refractivity contribution is 7.89. The Hall–Kier alpha value is -0.920. The topological polar surface area (TPSA) is 78.5 Å². The van der Waals surface area contributed by atoms with Crippen LogP contribution in [0.3, 0.4) is 0 Å². The van der Waals surface area contributed by atoms with Gasteiger partial charge in [0.15, 0.2) is 0 Å². The molecule has 0 unspecified atom stereocenters. The first kappa shape index (κ1) is 13.5. The first-order valence-electron chi connectivity index (χ1n) is 6.25. The van der Waals surface area contributed by atoms with E-state index in [0.717, 1.165) is 12.8 Å². The lowest BCUT2D eigenvalue weighted by molar-refractivity contribution is -0.121. The van der Waals surface area contributed by atoms with Crippen molar-refractivity contribution >= 4 is 15.9 Å². The molecule has 0 spiro atoms. The van der Waals surface area contributed by atoms with E-state index in [1.165, 1.54) is 4.31 Å². The Morgan fingerprint density at radius 3 is 2.72 bits per heavy atom. The van der Waals surface area contributed by atoms with Gasteiger partial charge in [-0.05, 0) is 12.8 Å². The summed E-state index contributed by atoms with van der Waals surface area (Å²) in [5.41, 5.74) is 0. The third-order valence-electron chi connectivity index (χ3n) is 3.18. The highest BCUT2D eigenvalue weighted by Crippen LogP contribution is 2.12. The normalized spacial score (nSPS) is 24.6. The maximum atomic E-state index is 11.9. The Labute approximate surface area is 107 Å². The number of nitrogens with one attached hydrogen (secondary N) is 2. The second kappa shape index (κ2) is 5.81. The van der Waals surface area contributed by atoms with Gasteiger partial charge in [0.1, 0.15) is 6.04 Å². The van der Waals surface area contributed by atoms with Gasteiger partial charge in [-0.1, -0.05) is 12.2 Å². The molecular formula is C11H19N3O3S. The van der Waals surface area contributed by atoms with E-state index >= 15 is 0 Å². The first-order chi connectivity index (χ1) is 8.59. The molecule has 2 aliphatic rings. The molecule has 1 fully saturated rings. The molecule has 0 aromatic heterocycles. The van der Waals surface area contributed by atoms with Crippen molar-refractivity contribution in [2.45, 2.75) is 18.9 Å². The van der Waals surface area contributed by atoms with Crippen LogP contribution in [0.4, 0.5) is 0 Å². The van der Waals surface area contributed by atoms with Crippen molar-refractivity contribution in [2.24, 2.45) is 0 Å². The number of hydrogen-bond donors (Lipinski definition) is 2. The lowest BCUT2D eigenvalue weighted by atomic mass is 10.3. The van der Waals surface area contributed by atoms with Gasteiger partial charge in [-0.3, -0.25) is 10.1 Å². The van der Waals surface area contributed by atoms with Gasteiger partial charge < -0.3 is 5.32 Å². The monoisotopic (exact) mass is 273 g/mol. The molecule has 18 heavy (non-hydrogen) atoms. The van der Waals surface area contributed by atoms with Crippen LogP contribution < -0.4 is 10.6 Å². The van der Waals surface area contributed by atoms with E-state index in [2.05, 4.69) is 10.6 Å². The molecule has 1 saturated heterocycles. The molecule has 0 saturated carbocycles. The summed E-state index contributed by atoms with van der Waals surface area (Å²) in [6.07, 6.45) is 5.53.